The zero-order valence-electron chi connectivity index (χ0n) is 32.8. The first-order valence-electron chi connectivity index (χ1n) is 19.9. The molecule has 0 saturated heterocycles. The van der Waals surface area contributed by atoms with Gasteiger partial charge in [0.05, 0.1) is 13.2 Å². The fraction of sp³-hybridized carbons (Fsp3) is 0.756. The maximum atomic E-state index is 12.6. The van der Waals surface area contributed by atoms with E-state index in [4.69, 9.17) is 18.5 Å². The van der Waals surface area contributed by atoms with Gasteiger partial charge < -0.3 is 19.3 Å². The molecule has 0 aromatic rings. The van der Waals surface area contributed by atoms with Crippen molar-refractivity contribution in [2.45, 2.75) is 161 Å². The number of likely N-dealkylation sites (N-methyl/N-ethyl adjacent to an activating group) is 1. The van der Waals surface area contributed by atoms with Gasteiger partial charge in [0.15, 0.2) is 6.10 Å². The summed E-state index contributed by atoms with van der Waals surface area (Å²) in [6, 6.07) is 0. The van der Waals surface area contributed by atoms with Gasteiger partial charge in [-0.3, -0.25) is 18.6 Å². The Balaban J connectivity index is 4.42. The summed E-state index contributed by atoms with van der Waals surface area (Å²) in [5, 5.41) is 0. The van der Waals surface area contributed by atoms with E-state index in [1.165, 1.54) is 51.4 Å². The molecule has 0 spiro atoms. The molecule has 0 bridgehead atoms. The Hall–Kier alpha value is -2.03. The van der Waals surface area contributed by atoms with Gasteiger partial charge in [0.1, 0.15) is 6.61 Å². The van der Waals surface area contributed by atoms with Crippen LogP contribution in [0.4, 0.5) is 0 Å². The van der Waals surface area contributed by atoms with E-state index in [1.54, 1.807) is 4.90 Å². The van der Waals surface area contributed by atoms with Gasteiger partial charge in [-0.25, -0.2) is 4.57 Å². The topological polar surface area (TPSA) is 112 Å². The minimum atomic E-state index is -4.37. The molecule has 51 heavy (non-hydrogen) atoms. The lowest BCUT2D eigenvalue weighted by Gasteiger charge is -2.20. The van der Waals surface area contributed by atoms with Crippen molar-refractivity contribution in [2.75, 3.05) is 40.5 Å². The highest BCUT2D eigenvalue weighted by Crippen LogP contribution is 2.43. The number of allylic oxidation sites excluding steroid dienone is 8. The highest BCUT2D eigenvalue weighted by molar-refractivity contribution is 7.47. The summed E-state index contributed by atoms with van der Waals surface area (Å²) in [4.78, 5) is 36.8. The molecule has 0 heterocycles. The lowest BCUT2D eigenvalue weighted by Crippen LogP contribution is -2.29. The molecule has 0 aliphatic heterocycles. The minimum absolute atomic E-state index is 0.00318. The van der Waals surface area contributed by atoms with Gasteiger partial charge in [0.25, 0.3) is 0 Å². The Morgan fingerprint density at radius 2 is 1.10 bits per heavy atom. The highest BCUT2D eigenvalue weighted by atomic mass is 31.2. The molecule has 10 heteroatoms. The molecule has 0 radical (unpaired) electrons. The van der Waals surface area contributed by atoms with Gasteiger partial charge in [0.2, 0.25) is 0 Å². The van der Waals surface area contributed by atoms with Gasteiger partial charge in [0, 0.05) is 19.4 Å². The third-order valence-corrected chi connectivity index (χ3v) is 9.09. The average molecular weight is 740 g/mol. The maximum Gasteiger partial charge on any atom is 0.472 e. The van der Waals surface area contributed by atoms with Crippen LogP contribution in [-0.4, -0.2) is 68.3 Å². The van der Waals surface area contributed by atoms with Crippen LogP contribution in [0.3, 0.4) is 0 Å². The van der Waals surface area contributed by atoms with Gasteiger partial charge in [-0.05, 0) is 78.3 Å². The zero-order valence-corrected chi connectivity index (χ0v) is 33.7. The first-order valence-corrected chi connectivity index (χ1v) is 21.4. The van der Waals surface area contributed by atoms with E-state index in [-0.39, 0.29) is 26.1 Å². The third-order valence-electron chi connectivity index (χ3n) is 8.11. The lowest BCUT2D eigenvalue weighted by molar-refractivity contribution is -0.161. The van der Waals surface area contributed by atoms with Crippen LogP contribution in [0.5, 0.6) is 0 Å². The Kier molecular flexibility index (Phi) is 34.9. The summed E-state index contributed by atoms with van der Waals surface area (Å²) in [7, 11) is -0.739. The van der Waals surface area contributed by atoms with Crippen LogP contribution in [0.25, 0.3) is 0 Å². The van der Waals surface area contributed by atoms with Crippen molar-refractivity contribution in [3.8, 4) is 0 Å². The van der Waals surface area contributed by atoms with Crippen molar-refractivity contribution >= 4 is 19.8 Å². The predicted molar refractivity (Wildman–Crippen MR) is 211 cm³/mol. The smallest absolute Gasteiger partial charge is 0.462 e. The standard InChI is InChI=1S/C41H74NO8P/c1-5-7-9-11-13-15-17-18-19-20-21-22-24-25-27-29-31-33-40(43)47-37-39(38-49-51(45,46)48-36-35-42(3)4)50-41(44)34-32-30-28-26-23-16-14-12-10-8-6-2/h12,14,18-19,21-22,25,27,39H,5-11,13,15-17,20,23-24,26,28-38H2,1-4H3,(H,45,46)/b14-12-,19-18-,22-21-,27-25-. The monoisotopic (exact) mass is 740 g/mol. The van der Waals surface area contributed by atoms with Gasteiger partial charge in [-0.2, -0.15) is 0 Å². The normalized spacial score (nSPS) is 14.0. The highest BCUT2D eigenvalue weighted by Gasteiger charge is 2.26. The molecular weight excluding hydrogens is 665 g/mol. The SMILES string of the molecule is CCCC/C=C\CCCCCCCC(=O)OC(COC(=O)CCC/C=C\C/C=C\C/C=C\CCCCCCCC)COP(=O)(O)OCCN(C)C. The first kappa shape index (κ1) is 49.0. The molecule has 0 aliphatic carbocycles. The van der Waals surface area contributed by atoms with E-state index in [9.17, 15) is 19.0 Å². The summed E-state index contributed by atoms with van der Waals surface area (Å²) in [6.45, 7) is 4.19. The minimum Gasteiger partial charge on any atom is -0.462 e. The number of hydrogen-bond acceptors (Lipinski definition) is 8. The third kappa shape index (κ3) is 37.5. The number of carbonyl (C=O) groups is 2. The molecule has 0 fully saturated rings. The van der Waals surface area contributed by atoms with Crippen molar-refractivity contribution in [3.63, 3.8) is 0 Å². The fourth-order valence-electron chi connectivity index (χ4n) is 4.98. The maximum absolute atomic E-state index is 12.6. The quantitative estimate of drug-likeness (QED) is 0.0290. The molecule has 296 valence electrons. The second-order valence-electron chi connectivity index (χ2n) is 13.5. The van der Waals surface area contributed by atoms with Crippen LogP contribution in [0.1, 0.15) is 155 Å². The van der Waals surface area contributed by atoms with E-state index >= 15 is 0 Å². The molecule has 9 nitrogen and oxygen atoms in total. The largest absolute Gasteiger partial charge is 0.472 e. The summed E-state index contributed by atoms with van der Waals surface area (Å²) in [6.07, 6.45) is 38.8. The first-order chi connectivity index (χ1) is 24.7. The van der Waals surface area contributed by atoms with Crippen molar-refractivity contribution in [1.82, 2.24) is 4.90 Å². The summed E-state index contributed by atoms with van der Waals surface area (Å²) >= 11 is 0. The van der Waals surface area contributed by atoms with Crippen LogP contribution >= 0.6 is 7.82 Å². The molecule has 0 aliphatic rings. The number of hydrogen-bond donors (Lipinski definition) is 1. The molecular formula is C41H74NO8P. The lowest BCUT2D eigenvalue weighted by atomic mass is 10.1. The van der Waals surface area contributed by atoms with E-state index < -0.39 is 32.5 Å². The number of phosphoric ester groups is 1. The predicted octanol–water partition coefficient (Wildman–Crippen LogP) is 11.0. The second-order valence-corrected chi connectivity index (χ2v) is 14.9. The second kappa shape index (κ2) is 36.3. The number of carbonyl (C=O) groups excluding carboxylic acids is 2. The van der Waals surface area contributed by atoms with Gasteiger partial charge >= 0.3 is 19.8 Å². The van der Waals surface area contributed by atoms with Crippen LogP contribution in [0.15, 0.2) is 48.6 Å². The number of nitrogens with zero attached hydrogens (tertiary/aromatic N) is 1. The van der Waals surface area contributed by atoms with Gasteiger partial charge in [-0.15, -0.1) is 0 Å². The number of unbranched alkanes of at least 4 members (excludes halogenated alkanes) is 14. The molecule has 0 amide bonds. The van der Waals surface area contributed by atoms with Crippen LogP contribution in [-0.2, 0) is 32.7 Å². The van der Waals surface area contributed by atoms with E-state index in [0.717, 1.165) is 64.2 Å². The number of esters is 2. The molecule has 0 aromatic heterocycles. The summed E-state index contributed by atoms with van der Waals surface area (Å²) < 4.78 is 33.3. The Morgan fingerprint density at radius 1 is 0.608 bits per heavy atom. The number of phosphoric acid groups is 1. The van der Waals surface area contributed by atoms with E-state index in [0.29, 0.717) is 19.4 Å². The number of rotatable bonds is 36. The van der Waals surface area contributed by atoms with E-state index in [2.05, 4.69) is 62.5 Å². The summed E-state index contributed by atoms with van der Waals surface area (Å²) in [5.41, 5.74) is 0. The summed E-state index contributed by atoms with van der Waals surface area (Å²) in [5.74, 6) is -0.880. The molecule has 1 N–H and O–H groups in total. The Labute approximate surface area is 311 Å². The Morgan fingerprint density at radius 3 is 1.71 bits per heavy atom. The Bertz CT molecular complexity index is 994. The molecule has 0 rings (SSSR count). The van der Waals surface area contributed by atoms with Crippen molar-refractivity contribution in [3.05, 3.63) is 48.6 Å². The average Bonchev–Trinajstić information content (AvgIpc) is 3.09. The van der Waals surface area contributed by atoms with Crippen LogP contribution in [0.2, 0.25) is 0 Å². The fourth-order valence-corrected chi connectivity index (χ4v) is 5.72. The van der Waals surface area contributed by atoms with Crippen molar-refractivity contribution < 1.29 is 37.6 Å². The molecule has 2 atom stereocenters. The molecule has 2 unspecified atom stereocenters. The van der Waals surface area contributed by atoms with Crippen molar-refractivity contribution in [2.24, 2.45) is 0 Å². The molecule has 0 saturated carbocycles. The van der Waals surface area contributed by atoms with Crippen LogP contribution in [0, 0.1) is 0 Å². The van der Waals surface area contributed by atoms with E-state index in [1.807, 2.05) is 14.1 Å². The van der Waals surface area contributed by atoms with Gasteiger partial charge in [-0.1, -0.05) is 127 Å². The zero-order chi connectivity index (χ0) is 37.7. The number of ether oxygens (including phenoxy) is 2. The van der Waals surface area contributed by atoms with Crippen LogP contribution < -0.4 is 0 Å². The van der Waals surface area contributed by atoms with Crippen molar-refractivity contribution in [1.29, 1.82) is 0 Å². The molecule has 0 aromatic carbocycles.